The topological polar surface area (TPSA) is 42.7 Å². The lowest BCUT2D eigenvalue weighted by Crippen LogP contribution is -2.38. The minimum atomic E-state index is 0.571. The molecule has 0 radical (unpaired) electrons. The third kappa shape index (κ3) is 3.71. The molecule has 1 aromatic rings. The molecule has 2 unspecified atom stereocenters. The molecule has 0 aromatic carbocycles. The first-order valence-electron chi connectivity index (χ1n) is 6.46. The van der Waals surface area contributed by atoms with Crippen LogP contribution < -0.4 is 5.32 Å². The van der Waals surface area contributed by atoms with E-state index in [0.29, 0.717) is 6.04 Å². The molecule has 4 nitrogen and oxygen atoms in total. The normalized spacial score (nSPS) is 21.9. The summed E-state index contributed by atoms with van der Waals surface area (Å²) in [4.78, 5) is 0. The van der Waals surface area contributed by atoms with Crippen LogP contribution in [-0.2, 0) is 13.5 Å². The van der Waals surface area contributed by atoms with Crippen LogP contribution in [0, 0.1) is 5.92 Å². The molecule has 1 fully saturated rings. The van der Waals surface area contributed by atoms with Gasteiger partial charge in [-0.05, 0) is 36.8 Å². The van der Waals surface area contributed by atoms with Gasteiger partial charge in [0.05, 0.1) is 5.69 Å². The monoisotopic (exact) mass is 254 g/mol. The summed E-state index contributed by atoms with van der Waals surface area (Å²) >= 11 is 2.08. The second-order valence-electron chi connectivity index (χ2n) is 4.77. The number of aromatic nitrogens is 3. The van der Waals surface area contributed by atoms with Crippen LogP contribution in [0.25, 0.3) is 0 Å². The molecule has 0 bridgehead atoms. The van der Waals surface area contributed by atoms with Crippen molar-refractivity contribution >= 4 is 11.8 Å². The van der Waals surface area contributed by atoms with E-state index in [9.17, 15) is 0 Å². The van der Waals surface area contributed by atoms with Crippen molar-refractivity contribution in [3.63, 3.8) is 0 Å². The van der Waals surface area contributed by atoms with Crippen LogP contribution in [0.1, 0.15) is 25.5 Å². The van der Waals surface area contributed by atoms with E-state index in [1.165, 1.54) is 24.3 Å². The van der Waals surface area contributed by atoms with E-state index in [1.807, 2.05) is 13.2 Å². The maximum atomic E-state index is 4.20. The summed E-state index contributed by atoms with van der Waals surface area (Å²) in [5, 5.41) is 11.9. The lowest BCUT2D eigenvalue weighted by atomic mass is 9.95. The van der Waals surface area contributed by atoms with Gasteiger partial charge in [-0.1, -0.05) is 12.1 Å². The summed E-state index contributed by atoms with van der Waals surface area (Å²) in [6, 6.07) is 0.571. The molecule has 1 N–H and O–H groups in total. The Morgan fingerprint density at radius 3 is 3.12 bits per heavy atom. The van der Waals surface area contributed by atoms with Crippen molar-refractivity contribution in [3.05, 3.63) is 11.9 Å². The Morgan fingerprint density at radius 2 is 2.53 bits per heavy atom. The van der Waals surface area contributed by atoms with Crippen LogP contribution in [0.2, 0.25) is 0 Å². The Hall–Kier alpha value is -0.550. The van der Waals surface area contributed by atoms with E-state index in [4.69, 9.17) is 0 Å². The highest BCUT2D eigenvalue weighted by atomic mass is 32.2. The number of aryl methyl sites for hydroxylation is 1. The number of thioether (sulfide) groups is 1. The molecule has 0 saturated carbocycles. The van der Waals surface area contributed by atoms with E-state index < -0.39 is 0 Å². The van der Waals surface area contributed by atoms with E-state index in [0.717, 1.165) is 24.6 Å². The Morgan fingerprint density at radius 1 is 1.65 bits per heavy atom. The summed E-state index contributed by atoms with van der Waals surface area (Å²) in [6.07, 6.45) is 5.57. The first kappa shape index (κ1) is 12.9. The van der Waals surface area contributed by atoms with Crippen LogP contribution in [0.4, 0.5) is 0 Å². The smallest absolute Gasteiger partial charge is 0.0842 e. The summed E-state index contributed by atoms with van der Waals surface area (Å²) in [6.45, 7) is 3.32. The minimum absolute atomic E-state index is 0.571. The third-order valence-corrected chi connectivity index (χ3v) is 4.46. The van der Waals surface area contributed by atoms with Gasteiger partial charge in [-0.15, -0.1) is 5.10 Å². The summed E-state index contributed by atoms with van der Waals surface area (Å²) < 4.78 is 1.79. The molecule has 1 aliphatic rings. The molecule has 2 atom stereocenters. The summed E-state index contributed by atoms with van der Waals surface area (Å²) in [5.74, 6) is 3.41. The van der Waals surface area contributed by atoms with Gasteiger partial charge in [-0.3, -0.25) is 4.68 Å². The number of hydrogen-bond acceptors (Lipinski definition) is 4. The maximum absolute atomic E-state index is 4.20. The van der Waals surface area contributed by atoms with Crippen molar-refractivity contribution in [1.29, 1.82) is 0 Å². The fourth-order valence-electron chi connectivity index (χ4n) is 2.32. The van der Waals surface area contributed by atoms with Gasteiger partial charge in [-0.2, -0.15) is 11.8 Å². The molecule has 0 aliphatic carbocycles. The van der Waals surface area contributed by atoms with Crippen molar-refractivity contribution in [2.75, 3.05) is 18.1 Å². The van der Waals surface area contributed by atoms with E-state index in [2.05, 4.69) is 34.3 Å². The van der Waals surface area contributed by atoms with Crippen molar-refractivity contribution in [2.24, 2.45) is 13.0 Å². The van der Waals surface area contributed by atoms with Crippen molar-refractivity contribution in [1.82, 2.24) is 20.3 Å². The molecule has 5 heteroatoms. The number of nitrogens with zero attached hydrogens (tertiary/aromatic N) is 3. The van der Waals surface area contributed by atoms with E-state index in [1.54, 1.807) is 4.68 Å². The second kappa shape index (κ2) is 6.40. The van der Waals surface area contributed by atoms with Gasteiger partial charge in [0.1, 0.15) is 0 Å². The molecule has 2 rings (SSSR count). The highest BCUT2D eigenvalue weighted by molar-refractivity contribution is 7.99. The Balaban J connectivity index is 1.94. The predicted molar refractivity (Wildman–Crippen MR) is 72.2 cm³/mol. The quantitative estimate of drug-likeness (QED) is 0.835. The van der Waals surface area contributed by atoms with E-state index in [-0.39, 0.29) is 0 Å². The lowest BCUT2D eigenvalue weighted by Gasteiger charge is -2.23. The molecule has 0 amide bonds. The standard InChI is InChI=1S/C12H22N4S/c1-3-5-13-12(10-4-6-17-9-10)7-11-8-16(2)15-14-11/h8,10,12-13H,3-7,9H2,1-2H3. The first-order valence-corrected chi connectivity index (χ1v) is 7.61. The zero-order chi connectivity index (χ0) is 12.1. The highest BCUT2D eigenvalue weighted by Crippen LogP contribution is 2.27. The van der Waals surface area contributed by atoms with Crippen LogP contribution >= 0.6 is 11.8 Å². The molecule has 1 saturated heterocycles. The largest absolute Gasteiger partial charge is 0.313 e. The minimum Gasteiger partial charge on any atom is -0.313 e. The van der Waals surface area contributed by atoms with Crippen molar-refractivity contribution in [3.8, 4) is 0 Å². The fraction of sp³-hybridized carbons (Fsp3) is 0.833. The van der Waals surface area contributed by atoms with Crippen LogP contribution in [0.15, 0.2) is 6.20 Å². The molecule has 1 aromatic heterocycles. The Labute approximate surface area is 108 Å². The molecule has 1 aliphatic heterocycles. The molecule has 0 spiro atoms. The van der Waals surface area contributed by atoms with Gasteiger partial charge < -0.3 is 5.32 Å². The van der Waals surface area contributed by atoms with Gasteiger partial charge in [-0.25, -0.2) is 0 Å². The SMILES string of the molecule is CCCNC(Cc1cn(C)nn1)C1CCSC1. The molecular weight excluding hydrogens is 232 g/mol. The van der Waals surface area contributed by atoms with Gasteiger partial charge >= 0.3 is 0 Å². The summed E-state index contributed by atoms with van der Waals surface area (Å²) in [7, 11) is 1.93. The van der Waals surface area contributed by atoms with Gasteiger partial charge in [0.25, 0.3) is 0 Å². The number of rotatable bonds is 6. The molecular formula is C12H22N4S. The lowest BCUT2D eigenvalue weighted by molar-refractivity contribution is 0.377. The summed E-state index contributed by atoms with van der Waals surface area (Å²) in [5.41, 5.74) is 1.11. The maximum Gasteiger partial charge on any atom is 0.0842 e. The average molecular weight is 254 g/mol. The van der Waals surface area contributed by atoms with Gasteiger partial charge in [0.2, 0.25) is 0 Å². The highest BCUT2D eigenvalue weighted by Gasteiger charge is 2.25. The first-order chi connectivity index (χ1) is 8.29. The van der Waals surface area contributed by atoms with Crippen LogP contribution in [0.5, 0.6) is 0 Å². The second-order valence-corrected chi connectivity index (χ2v) is 5.92. The predicted octanol–water partition coefficient (Wildman–Crippen LogP) is 1.48. The number of nitrogens with one attached hydrogen (secondary N) is 1. The average Bonchev–Trinajstić information content (AvgIpc) is 2.95. The van der Waals surface area contributed by atoms with Crippen molar-refractivity contribution < 1.29 is 0 Å². The zero-order valence-corrected chi connectivity index (χ0v) is 11.5. The van der Waals surface area contributed by atoms with Crippen LogP contribution in [-0.4, -0.2) is 39.1 Å². The Bertz CT molecular complexity index is 333. The van der Waals surface area contributed by atoms with Crippen LogP contribution in [0.3, 0.4) is 0 Å². The third-order valence-electron chi connectivity index (χ3n) is 3.27. The van der Waals surface area contributed by atoms with E-state index >= 15 is 0 Å². The van der Waals surface area contributed by atoms with Gasteiger partial charge in [0, 0.05) is 25.7 Å². The number of hydrogen-bond donors (Lipinski definition) is 1. The molecule has 17 heavy (non-hydrogen) atoms. The molecule has 96 valence electrons. The Kier molecular flexibility index (Phi) is 4.86. The zero-order valence-electron chi connectivity index (χ0n) is 10.7. The fourth-order valence-corrected chi connectivity index (χ4v) is 3.66. The molecule has 2 heterocycles. The van der Waals surface area contributed by atoms with Crippen molar-refractivity contribution in [2.45, 2.75) is 32.2 Å². The van der Waals surface area contributed by atoms with Gasteiger partial charge in [0.15, 0.2) is 0 Å².